The standard InChI is InChI=1S/C22H23F4N7O4/c1-35-8-11-7-33-18(28-11)12(22(24,25)26)6-27-19(33)29-15-2-13(31-32-15)17-16(23)14(9-36-17)37-20(34)30-21-3-10(4-21)5-21/h2,6-7,10,14,16-17H,3-5,8-9H2,1H3,(H,30,34)(H2,27,29,31,32)/t10?,14-,16-,17-,21?/m0/s1. The summed E-state index contributed by atoms with van der Waals surface area (Å²) in [5.74, 6) is 0.838. The molecule has 37 heavy (non-hydrogen) atoms. The summed E-state index contributed by atoms with van der Waals surface area (Å²) < 4.78 is 72.3. The molecule has 0 spiro atoms. The number of alkyl halides is 4. The Balaban J connectivity index is 1.15. The molecule has 3 atom stereocenters. The predicted octanol–water partition coefficient (Wildman–Crippen LogP) is 3.42. The molecule has 1 saturated heterocycles. The van der Waals surface area contributed by atoms with Crippen molar-refractivity contribution < 1.29 is 36.6 Å². The second kappa shape index (κ2) is 8.55. The van der Waals surface area contributed by atoms with E-state index in [4.69, 9.17) is 14.2 Å². The highest BCUT2D eigenvalue weighted by Crippen LogP contribution is 2.57. The number of H-pyrrole nitrogens is 1. The smallest absolute Gasteiger partial charge is 0.421 e. The molecule has 3 aromatic rings. The molecular formula is C22H23F4N7O4. The topological polar surface area (TPSA) is 128 Å². The normalized spacial score (nSPS) is 28.6. The van der Waals surface area contributed by atoms with Gasteiger partial charge in [-0.05, 0) is 25.2 Å². The summed E-state index contributed by atoms with van der Waals surface area (Å²) in [6.07, 6.45) is -4.28. The van der Waals surface area contributed by atoms with Crippen LogP contribution in [0.15, 0.2) is 18.5 Å². The number of aromatic amines is 1. The van der Waals surface area contributed by atoms with Crippen LogP contribution in [-0.4, -0.2) is 62.2 Å². The zero-order chi connectivity index (χ0) is 25.9. The molecule has 0 aromatic carbocycles. The first-order valence-corrected chi connectivity index (χ1v) is 11.6. The molecule has 4 heterocycles. The Kier molecular flexibility index (Phi) is 5.52. The second-order valence-corrected chi connectivity index (χ2v) is 9.71. The number of amides is 1. The molecule has 0 radical (unpaired) electrons. The third-order valence-corrected chi connectivity index (χ3v) is 7.03. The van der Waals surface area contributed by atoms with E-state index in [1.165, 1.54) is 19.4 Å². The maximum absolute atomic E-state index is 15.1. The van der Waals surface area contributed by atoms with Crippen LogP contribution in [0.3, 0.4) is 0 Å². The fourth-order valence-corrected chi connectivity index (χ4v) is 5.15. The van der Waals surface area contributed by atoms with E-state index in [2.05, 4.69) is 30.8 Å². The number of imidazole rings is 1. The van der Waals surface area contributed by atoms with Gasteiger partial charge in [0, 0.05) is 31.1 Å². The van der Waals surface area contributed by atoms with E-state index < -0.39 is 36.2 Å². The fraction of sp³-hybridized carbons (Fsp3) is 0.545. The van der Waals surface area contributed by atoms with Crippen LogP contribution >= 0.6 is 0 Å². The van der Waals surface area contributed by atoms with Crippen molar-refractivity contribution in [1.29, 1.82) is 0 Å². The van der Waals surface area contributed by atoms with Crippen LogP contribution in [0.5, 0.6) is 0 Å². The molecular weight excluding hydrogens is 502 g/mol. The highest BCUT2D eigenvalue weighted by molar-refractivity contribution is 5.69. The van der Waals surface area contributed by atoms with Crippen molar-refractivity contribution >= 4 is 23.5 Å². The molecule has 1 aliphatic heterocycles. The van der Waals surface area contributed by atoms with Crippen LogP contribution in [0, 0.1) is 5.92 Å². The van der Waals surface area contributed by atoms with Gasteiger partial charge in [-0.15, -0.1) is 0 Å². The minimum absolute atomic E-state index is 0.00460. The highest BCUT2D eigenvalue weighted by Gasteiger charge is 2.58. The van der Waals surface area contributed by atoms with Crippen LogP contribution in [0.2, 0.25) is 0 Å². The van der Waals surface area contributed by atoms with Crippen molar-refractivity contribution in [3.05, 3.63) is 35.4 Å². The van der Waals surface area contributed by atoms with Gasteiger partial charge in [0.15, 0.2) is 23.7 Å². The number of hydrogen-bond donors (Lipinski definition) is 3. The number of rotatable bonds is 7. The Bertz CT molecular complexity index is 1330. The first-order chi connectivity index (χ1) is 17.6. The van der Waals surface area contributed by atoms with Crippen molar-refractivity contribution in [2.45, 2.75) is 56.0 Å². The van der Waals surface area contributed by atoms with E-state index in [9.17, 15) is 18.0 Å². The third-order valence-electron chi connectivity index (χ3n) is 7.03. The molecule has 4 aliphatic rings. The van der Waals surface area contributed by atoms with Gasteiger partial charge in [0.1, 0.15) is 11.7 Å². The van der Waals surface area contributed by atoms with Crippen molar-refractivity contribution in [3.8, 4) is 0 Å². The number of fused-ring (bicyclic) bond motifs is 1. The van der Waals surface area contributed by atoms with Crippen LogP contribution in [0.1, 0.15) is 42.3 Å². The summed E-state index contributed by atoms with van der Waals surface area (Å²) in [6, 6.07) is 1.44. The van der Waals surface area contributed by atoms with E-state index in [0.717, 1.165) is 23.7 Å². The van der Waals surface area contributed by atoms with Crippen molar-refractivity contribution in [2.75, 3.05) is 19.0 Å². The molecule has 3 saturated carbocycles. The van der Waals surface area contributed by atoms with Gasteiger partial charge in [-0.1, -0.05) is 0 Å². The Labute approximate surface area is 206 Å². The molecule has 1 amide bonds. The third kappa shape index (κ3) is 4.25. The monoisotopic (exact) mass is 525 g/mol. The summed E-state index contributed by atoms with van der Waals surface area (Å²) >= 11 is 0. The average molecular weight is 525 g/mol. The number of nitrogens with one attached hydrogen (secondary N) is 3. The minimum Gasteiger partial charge on any atom is -0.441 e. The maximum Gasteiger partial charge on any atom is 0.421 e. The minimum atomic E-state index is -4.66. The average Bonchev–Trinajstić information content (AvgIpc) is 3.49. The number of aromatic nitrogens is 5. The first-order valence-electron chi connectivity index (χ1n) is 11.6. The highest BCUT2D eigenvalue weighted by atomic mass is 19.4. The van der Waals surface area contributed by atoms with Gasteiger partial charge in [-0.2, -0.15) is 18.3 Å². The fourth-order valence-electron chi connectivity index (χ4n) is 5.15. The van der Waals surface area contributed by atoms with Gasteiger partial charge >= 0.3 is 12.3 Å². The van der Waals surface area contributed by atoms with Crippen molar-refractivity contribution in [1.82, 2.24) is 29.9 Å². The zero-order valence-electron chi connectivity index (χ0n) is 19.5. The lowest BCUT2D eigenvalue weighted by molar-refractivity contribution is -0.136. The Morgan fingerprint density at radius 2 is 2.14 bits per heavy atom. The van der Waals surface area contributed by atoms with Crippen LogP contribution in [0.4, 0.5) is 34.1 Å². The van der Waals surface area contributed by atoms with Gasteiger partial charge in [0.2, 0.25) is 5.95 Å². The Morgan fingerprint density at radius 1 is 1.35 bits per heavy atom. The molecule has 2 bridgehead atoms. The number of halogens is 4. The summed E-state index contributed by atoms with van der Waals surface area (Å²) in [5.41, 5.74) is -1.02. The van der Waals surface area contributed by atoms with Gasteiger partial charge in [-0.3, -0.25) is 9.50 Å². The number of alkyl carbamates (subject to hydrolysis) is 1. The summed E-state index contributed by atoms with van der Waals surface area (Å²) in [7, 11) is 1.40. The lowest BCUT2D eigenvalue weighted by atomic mass is 9.50. The number of anilines is 2. The Morgan fingerprint density at radius 3 is 2.81 bits per heavy atom. The number of carbonyl (C=O) groups is 1. The lowest BCUT2D eigenvalue weighted by Crippen LogP contribution is -2.68. The van der Waals surface area contributed by atoms with E-state index in [-0.39, 0.29) is 47.6 Å². The SMILES string of the molecule is COCc1cn2c(Nc3cc([C@@H]4OC[C@H](OC(=O)NC56CC(C5)C6)[C@@H]4F)[nH]n3)ncc(C(F)(F)F)c2n1. The molecule has 15 heteroatoms. The summed E-state index contributed by atoms with van der Waals surface area (Å²) in [6.45, 7) is -0.125. The van der Waals surface area contributed by atoms with Gasteiger partial charge in [0.05, 0.1) is 24.6 Å². The number of nitrogens with zero attached hydrogens (tertiary/aromatic N) is 4. The molecule has 198 valence electrons. The zero-order valence-corrected chi connectivity index (χ0v) is 19.5. The second-order valence-electron chi connectivity index (χ2n) is 9.71. The number of ether oxygens (including phenoxy) is 3. The molecule has 3 aromatic heterocycles. The number of hydrogen-bond acceptors (Lipinski definition) is 8. The molecule has 7 rings (SSSR count). The lowest BCUT2D eigenvalue weighted by Gasteiger charge is -2.61. The van der Waals surface area contributed by atoms with Crippen LogP contribution in [-0.2, 0) is 27.0 Å². The Hall–Kier alpha value is -3.46. The predicted molar refractivity (Wildman–Crippen MR) is 118 cm³/mol. The molecule has 0 unspecified atom stereocenters. The van der Waals surface area contributed by atoms with Crippen LogP contribution in [0.25, 0.3) is 5.65 Å². The molecule has 3 aliphatic carbocycles. The maximum atomic E-state index is 15.1. The van der Waals surface area contributed by atoms with E-state index in [1.54, 1.807) is 0 Å². The van der Waals surface area contributed by atoms with Gasteiger partial charge in [-0.25, -0.2) is 19.2 Å². The molecule has 3 N–H and O–H groups in total. The summed E-state index contributed by atoms with van der Waals surface area (Å²) in [5, 5.41) is 12.3. The van der Waals surface area contributed by atoms with Gasteiger partial charge < -0.3 is 24.8 Å². The molecule has 4 fully saturated rings. The number of methoxy groups -OCH3 is 1. The number of carbonyl (C=O) groups excluding carboxylic acids is 1. The van der Waals surface area contributed by atoms with E-state index in [1.807, 2.05) is 0 Å². The van der Waals surface area contributed by atoms with Gasteiger partial charge in [0.25, 0.3) is 0 Å². The largest absolute Gasteiger partial charge is 0.441 e. The van der Waals surface area contributed by atoms with E-state index in [0.29, 0.717) is 12.1 Å². The van der Waals surface area contributed by atoms with Crippen molar-refractivity contribution in [2.24, 2.45) is 5.92 Å². The quantitative estimate of drug-likeness (QED) is 0.401. The summed E-state index contributed by atoms with van der Waals surface area (Å²) in [4.78, 5) is 20.1. The van der Waals surface area contributed by atoms with Crippen LogP contribution < -0.4 is 10.6 Å². The van der Waals surface area contributed by atoms with Crippen molar-refractivity contribution in [3.63, 3.8) is 0 Å². The molecule has 11 nitrogen and oxygen atoms in total. The van der Waals surface area contributed by atoms with E-state index >= 15 is 4.39 Å². The first kappa shape index (κ1) is 23.9.